The van der Waals surface area contributed by atoms with Gasteiger partial charge in [-0.3, -0.25) is 0 Å². The molecule has 0 spiro atoms. The van der Waals surface area contributed by atoms with Gasteiger partial charge in [0.25, 0.3) is 0 Å². The Kier molecular flexibility index (Phi) is 3.46. The maximum atomic E-state index is 11.7. The summed E-state index contributed by atoms with van der Waals surface area (Å²) in [5.74, 6) is 0.888. The fraction of sp³-hybridized carbons (Fsp3) is 0.500. The monoisotopic (exact) mass is 235 g/mol. The standard InChI is InChI=1S/C12H17N3O2/c1-2-17-12(16)10-5-9(13)7-15-11(10)14-6-8-3-4-8/h5,7-8H,2-4,6,13H2,1H3,(H,14,15). The number of hydrogen-bond donors (Lipinski definition) is 2. The SMILES string of the molecule is CCOC(=O)c1cc(N)cnc1NCC1CC1. The largest absolute Gasteiger partial charge is 0.462 e. The number of anilines is 2. The summed E-state index contributed by atoms with van der Waals surface area (Å²) in [5.41, 5.74) is 6.50. The molecule has 0 radical (unpaired) electrons. The Balaban J connectivity index is 2.13. The molecule has 0 atom stereocenters. The van der Waals surface area contributed by atoms with Crippen LogP contribution in [0.15, 0.2) is 12.3 Å². The van der Waals surface area contributed by atoms with Crippen molar-refractivity contribution in [2.24, 2.45) is 5.92 Å². The van der Waals surface area contributed by atoms with Crippen molar-refractivity contribution in [3.63, 3.8) is 0 Å². The van der Waals surface area contributed by atoms with Crippen LogP contribution in [0.1, 0.15) is 30.1 Å². The zero-order valence-electron chi connectivity index (χ0n) is 9.90. The lowest BCUT2D eigenvalue weighted by Crippen LogP contribution is -2.13. The molecule has 3 N–H and O–H groups in total. The molecule has 0 unspecified atom stereocenters. The Morgan fingerprint density at radius 2 is 2.41 bits per heavy atom. The van der Waals surface area contributed by atoms with Gasteiger partial charge in [-0.15, -0.1) is 0 Å². The van der Waals surface area contributed by atoms with Crippen molar-refractivity contribution in [3.8, 4) is 0 Å². The first-order chi connectivity index (χ1) is 8.20. The lowest BCUT2D eigenvalue weighted by atomic mass is 10.2. The average molecular weight is 235 g/mol. The van der Waals surface area contributed by atoms with Crippen molar-refractivity contribution in [1.82, 2.24) is 4.98 Å². The van der Waals surface area contributed by atoms with Crippen LogP contribution in [-0.4, -0.2) is 24.1 Å². The molecule has 5 nitrogen and oxygen atoms in total. The summed E-state index contributed by atoms with van der Waals surface area (Å²) >= 11 is 0. The molecule has 0 saturated heterocycles. The highest BCUT2D eigenvalue weighted by Crippen LogP contribution is 2.29. The van der Waals surface area contributed by atoms with Gasteiger partial charge in [0.15, 0.2) is 0 Å². The number of nitrogen functional groups attached to an aromatic ring is 1. The third-order valence-corrected chi connectivity index (χ3v) is 2.66. The Morgan fingerprint density at radius 3 is 3.06 bits per heavy atom. The number of pyridine rings is 1. The van der Waals surface area contributed by atoms with Crippen LogP contribution in [-0.2, 0) is 4.74 Å². The third kappa shape index (κ3) is 3.09. The molecule has 1 aromatic rings. The van der Waals surface area contributed by atoms with Crippen LogP contribution in [0.4, 0.5) is 11.5 Å². The Hall–Kier alpha value is -1.78. The van der Waals surface area contributed by atoms with Crippen LogP contribution >= 0.6 is 0 Å². The van der Waals surface area contributed by atoms with Gasteiger partial charge in [0.2, 0.25) is 0 Å². The molecule has 1 aromatic heterocycles. The molecular formula is C12H17N3O2. The van der Waals surface area contributed by atoms with E-state index in [1.165, 1.54) is 19.0 Å². The summed E-state index contributed by atoms with van der Waals surface area (Å²) < 4.78 is 4.97. The fourth-order valence-electron chi connectivity index (χ4n) is 1.55. The zero-order chi connectivity index (χ0) is 12.3. The minimum absolute atomic E-state index is 0.343. The number of rotatable bonds is 5. The van der Waals surface area contributed by atoms with Crippen LogP contribution in [0.25, 0.3) is 0 Å². The smallest absolute Gasteiger partial charge is 0.341 e. The summed E-state index contributed by atoms with van der Waals surface area (Å²) in [4.78, 5) is 15.9. The summed E-state index contributed by atoms with van der Waals surface area (Å²) in [5, 5.41) is 3.17. The minimum Gasteiger partial charge on any atom is -0.462 e. The summed E-state index contributed by atoms with van der Waals surface area (Å²) in [6, 6.07) is 1.60. The molecule has 5 heteroatoms. The molecule has 0 aromatic carbocycles. The first kappa shape index (κ1) is 11.7. The van der Waals surface area contributed by atoms with E-state index in [9.17, 15) is 4.79 Å². The van der Waals surface area contributed by atoms with Crippen molar-refractivity contribution in [2.75, 3.05) is 24.2 Å². The van der Waals surface area contributed by atoms with Gasteiger partial charge in [-0.1, -0.05) is 0 Å². The first-order valence-corrected chi connectivity index (χ1v) is 5.87. The van der Waals surface area contributed by atoms with Gasteiger partial charge in [0.05, 0.1) is 18.5 Å². The molecule has 1 fully saturated rings. The Bertz CT molecular complexity index is 416. The van der Waals surface area contributed by atoms with Crippen LogP contribution in [0, 0.1) is 5.92 Å². The fourth-order valence-corrected chi connectivity index (χ4v) is 1.55. The molecular weight excluding hydrogens is 218 g/mol. The molecule has 1 saturated carbocycles. The van der Waals surface area contributed by atoms with E-state index < -0.39 is 0 Å². The number of aromatic nitrogens is 1. The van der Waals surface area contributed by atoms with Crippen LogP contribution in [0.5, 0.6) is 0 Å². The maximum absolute atomic E-state index is 11.7. The Morgan fingerprint density at radius 1 is 1.65 bits per heavy atom. The molecule has 2 rings (SSSR count). The van der Waals surface area contributed by atoms with Crippen LogP contribution in [0.3, 0.4) is 0 Å². The van der Waals surface area contributed by atoms with E-state index in [1.54, 1.807) is 13.0 Å². The summed E-state index contributed by atoms with van der Waals surface area (Å²) in [7, 11) is 0. The number of ether oxygens (including phenoxy) is 1. The van der Waals surface area contributed by atoms with E-state index in [0.717, 1.165) is 6.54 Å². The van der Waals surface area contributed by atoms with Gasteiger partial charge in [0.1, 0.15) is 11.4 Å². The quantitative estimate of drug-likeness (QED) is 0.759. The highest BCUT2D eigenvalue weighted by atomic mass is 16.5. The van der Waals surface area contributed by atoms with Gasteiger partial charge in [-0.25, -0.2) is 9.78 Å². The van der Waals surface area contributed by atoms with Crippen molar-refractivity contribution < 1.29 is 9.53 Å². The van der Waals surface area contributed by atoms with E-state index in [0.29, 0.717) is 29.6 Å². The number of esters is 1. The van der Waals surface area contributed by atoms with Crippen molar-refractivity contribution in [2.45, 2.75) is 19.8 Å². The number of carbonyl (C=O) groups is 1. The van der Waals surface area contributed by atoms with E-state index in [2.05, 4.69) is 10.3 Å². The molecule has 0 bridgehead atoms. The molecule has 92 valence electrons. The number of hydrogen-bond acceptors (Lipinski definition) is 5. The second kappa shape index (κ2) is 5.03. The van der Waals surface area contributed by atoms with Crippen LogP contribution in [0.2, 0.25) is 0 Å². The molecule has 1 aliphatic carbocycles. The number of nitrogens with one attached hydrogen (secondary N) is 1. The van der Waals surface area contributed by atoms with E-state index in [1.807, 2.05) is 0 Å². The lowest BCUT2D eigenvalue weighted by molar-refractivity contribution is 0.0527. The van der Waals surface area contributed by atoms with Gasteiger partial charge in [0, 0.05) is 6.54 Å². The highest BCUT2D eigenvalue weighted by molar-refractivity contribution is 5.95. The second-order valence-electron chi connectivity index (χ2n) is 4.21. The number of nitrogens with two attached hydrogens (primary N) is 1. The molecule has 1 heterocycles. The van der Waals surface area contributed by atoms with Gasteiger partial charge in [-0.2, -0.15) is 0 Å². The summed E-state index contributed by atoms with van der Waals surface area (Å²) in [6.07, 6.45) is 4.03. The number of nitrogens with zero attached hydrogens (tertiary/aromatic N) is 1. The second-order valence-corrected chi connectivity index (χ2v) is 4.21. The summed E-state index contributed by atoms with van der Waals surface area (Å²) in [6.45, 7) is 2.97. The first-order valence-electron chi connectivity index (χ1n) is 5.87. The van der Waals surface area contributed by atoms with Crippen molar-refractivity contribution in [3.05, 3.63) is 17.8 Å². The normalized spacial score (nSPS) is 14.4. The maximum Gasteiger partial charge on any atom is 0.341 e. The minimum atomic E-state index is -0.384. The highest BCUT2D eigenvalue weighted by Gasteiger charge is 2.22. The molecule has 0 aliphatic heterocycles. The Labute approximate surface area is 100 Å². The molecule has 17 heavy (non-hydrogen) atoms. The molecule has 0 amide bonds. The lowest BCUT2D eigenvalue weighted by Gasteiger charge is -2.10. The predicted octanol–water partition coefficient (Wildman–Crippen LogP) is 1.66. The van der Waals surface area contributed by atoms with E-state index in [-0.39, 0.29) is 5.97 Å². The number of carbonyl (C=O) groups excluding carboxylic acids is 1. The van der Waals surface area contributed by atoms with Gasteiger partial charge in [-0.05, 0) is 31.7 Å². The third-order valence-electron chi connectivity index (χ3n) is 2.66. The average Bonchev–Trinajstić information content (AvgIpc) is 3.11. The van der Waals surface area contributed by atoms with Gasteiger partial charge < -0.3 is 15.8 Å². The van der Waals surface area contributed by atoms with Crippen LogP contribution < -0.4 is 11.1 Å². The van der Waals surface area contributed by atoms with Crippen molar-refractivity contribution in [1.29, 1.82) is 0 Å². The van der Waals surface area contributed by atoms with E-state index >= 15 is 0 Å². The van der Waals surface area contributed by atoms with E-state index in [4.69, 9.17) is 10.5 Å². The van der Waals surface area contributed by atoms with Crippen molar-refractivity contribution >= 4 is 17.5 Å². The predicted molar refractivity (Wildman–Crippen MR) is 65.8 cm³/mol. The van der Waals surface area contributed by atoms with Gasteiger partial charge >= 0.3 is 5.97 Å². The zero-order valence-corrected chi connectivity index (χ0v) is 9.90. The topological polar surface area (TPSA) is 77.2 Å². The molecule has 1 aliphatic rings.